The zero-order valence-electron chi connectivity index (χ0n) is 10.8. The Hall–Kier alpha value is -0.620. The maximum atomic E-state index is 11.6. The van der Waals surface area contributed by atoms with Crippen molar-refractivity contribution in [3.63, 3.8) is 0 Å². The number of methoxy groups -OCH3 is 1. The average molecular weight is 322 g/mol. The molecule has 18 heavy (non-hydrogen) atoms. The molecule has 0 heterocycles. The lowest BCUT2D eigenvalue weighted by atomic mass is 9.80. The van der Waals surface area contributed by atoms with Gasteiger partial charge in [0.25, 0.3) is 0 Å². The molecule has 1 rings (SSSR count). The van der Waals surface area contributed by atoms with Crippen LogP contribution in [0.2, 0.25) is 0 Å². The second-order valence-corrected chi connectivity index (χ2v) is 5.52. The van der Waals surface area contributed by atoms with Crippen LogP contribution in [-0.4, -0.2) is 43.1 Å². The lowest BCUT2D eigenvalue weighted by Gasteiger charge is -2.34. The summed E-state index contributed by atoms with van der Waals surface area (Å²) in [5, 5.41) is 2.72. The topological polar surface area (TPSA) is 64.6 Å². The number of carbonyl (C=O) groups is 2. The molecule has 104 valence electrons. The Bertz CT molecular complexity index is 292. The van der Waals surface area contributed by atoms with Crippen LogP contribution in [0.1, 0.15) is 26.2 Å². The van der Waals surface area contributed by atoms with E-state index >= 15 is 0 Å². The maximum absolute atomic E-state index is 11.6. The molecular weight excluding hydrogens is 302 g/mol. The summed E-state index contributed by atoms with van der Waals surface area (Å²) in [5.41, 5.74) is 0. The summed E-state index contributed by atoms with van der Waals surface area (Å²) in [6.45, 7) is 2.96. The Kier molecular flexibility index (Phi) is 6.63. The van der Waals surface area contributed by atoms with Crippen LogP contribution in [-0.2, 0) is 19.1 Å². The molecule has 1 atom stereocenters. The van der Waals surface area contributed by atoms with Gasteiger partial charge in [0.15, 0.2) is 0 Å². The molecule has 0 bridgehead atoms. The van der Waals surface area contributed by atoms with Crippen molar-refractivity contribution in [3.8, 4) is 0 Å². The van der Waals surface area contributed by atoms with E-state index in [1.165, 1.54) is 7.11 Å². The monoisotopic (exact) mass is 321 g/mol. The molecule has 5 nitrogen and oxygen atoms in total. The number of esters is 1. The van der Waals surface area contributed by atoms with Gasteiger partial charge in [0.2, 0.25) is 5.91 Å². The third kappa shape index (κ3) is 4.94. The summed E-state index contributed by atoms with van der Waals surface area (Å²) in [7, 11) is 1.32. The van der Waals surface area contributed by atoms with E-state index < -0.39 is 4.83 Å². The van der Waals surface area contributed by atoms with Crippen LogP contribution >= 0.6 is 15.9 Å². The van der Waals surface area contributed by atoms with E-state index in [2.05, 4.69) is 26.0 Å². The van der Waals surface area contributed by atoms with Crippen molar-refractivity contribution < 1.29 is 19.1 Å². The maximum Gasteiger partial charge on any atom is 0.321 e. The van der Waals surface area contributed by atoms with E-state index in [1.54, 1.807) is 0 Å². The smallest absolute Gasteiger partial charge is 0.321 e. The van der Waals surface area contributed by atoms with E-state index in [0.29, 0.717) is 18.4 Å². The lowest BCUT2D eigenvalue weighted by molar-refractivity contribution is -0.139. The minimum atomic E-state index is -0.482. The molecule has 1 aliphatic carbocycles. The van der Waals surface area contributed by atoms with Gasteiger partial charge in [-0.3, -0.25) is 9.59 Å². The Morgan fingerprint density at radius 1 is 1.44 bits per heavy atom. The van der Waals surface area contributed by atoms with Crippen LogP contribution in [0.25, 0.3) is 0 Å². The van der Waals surface area contributed by atoms with Gasteiger partial charge in [-0.25, -0.2) is 0 Å². The standard InChI is InChI=1S/C12H20BrNO4/c1-3-18-9-4-8(5-9)6-11(15)14-7-10(13)12(16)17-2/h8-10H,3-7H2,1-2H3,(H,14,15). The van der Waals surface area contributed by atoms with Gasteiger partial charge in [-0.05, 0) is 25.7 Å². The van der Waals surface area contributed by atoms with Gasteiger partial charge in [-0.1, -0.05) is 15.9 Å². The van der Waals surface area contributed by atoms with Crippen LogP contribution in [0.15, 0.2) is 0 Å². The molecule has 6 heteroatoms. The molecule has 1 fully saturated rings. The molecule has 0 spiro atoms. The number of hydrogen-bond acceptors (Lipinski definition) is 4. The Morgan fingerprint density at radius 2 is 2.11 bits per heavy atom. The van der Waals surface area contributed by atoms with Crippen LogP contribution < -0.4 is 5.32 Å². The lowest BCUT2D eigenvalue weighted by Crippen LogP contribution is -2.38. The number of amides is 1. The van der Waals surface area contributed by atoms with Crippen molar-refractivity contribution >= 4 is 27.8 Å². The SMILES string of the molecule is CCOC1CC(CC(=O)NCC(Br)C(=O)OC)C1. The third-order valence-electron chi connectivity index (χ3n) is 3.00. The molecule has 0 aromatic carbocycles. The molecule has 1 amide bonds. The highest BCUT2D eigenvalue weighted by atomic mass is 79.9. The highest BCUT2D eigenvalue weighted by Crippen LogP contribution is 2.32. The first kappa shape index (κ1) is 15.4. The largest absolute Gasteiger partial charge is 0.468 e. The third-order valence-corrected chi connectivity index (χ3v) is 3.70. The van der Waals surface area contributed by atoms with Crippen molar-refractivity contribution in [1.82, 2.24) is 5.32 Å². The Morgan fingerprint density at radius 3 is 2.67 bits per heavy atom. The van der Waals surface area contributed by atoms with Crippen molar-refractivity contribution in [2.45, 2.75) is 37.1 Å². The molecule has 0 aliphatic heterocycles. The van der Waals surface area contributed by atoms with Crippen molar-refractivity contribution in [2.24, 2.45) is 5.92 Å². The minimum absolute atomic E-state index is 0.0247. The van der Waals surface area contributed by atoms with Gasteiger partial charge >= 0.3 is 5.97 Å². The zero-order chi connectivity index (χ0) is 13.5. The summed E-state index contributed by atoms with van der Waals surface area (Å²) in [6, 6.07) is 0. The van der Waals surface area contributed by atoms with Gasteiger partial charge in [0.05, 0.1) is 13.2 Å². The molecule has 0 aromatic rings. The predicted octanol–water partition coefficient (Wildman–Crippen LogP) is 1.24. The molecule has 0 saturated heterocycles. The van der Waals surface area contributed by atoms with Gasteiger partial charge in [-0.15, -0.1) is 0 Å². The second kappa shape index (κ2) is 7.74. The van der Waals surface area contributed by atoms with E-state index in [9.17, 15) is 9.59 Å². The molecule has 1 unspecified atom stereocenters. The number of rotatable bonds is 7. The molecule has 0 radical (unpaired) electrons. The van der Waals surface area contributed by atoms with E-state index in [4.69, 9.17) is 4.74 Å². The fourth-order valence-electron chi connectivity index (χ4n) is 1.96. The van der Waals surface area contributed by atoms with Gasteiger partial charge < -0.3 is 14.8 Å². The summed E-state index contributed by atoms with van der Waals surface area (Å²) < 4.78 is 9.98. The van der Waals surface area contributed by atoms with Crippen molar-refractivity contribution in [1.29, 1.82) is 0 Å². The number of nitrogens with one attached hydrogen (secondary N) is 1. The van der Waals surface area contributed by atoms with E-state index in [1.807, 2.05) is 6.92 Å². The van der Waals surface area contributed by atoms with Crippen LogP contribution in [0.5, 0.6) is 0 Å². The molecule has 1 aliphatic rings. The van der Waals surface area contributed by atoms with E-state index in [-0.39, 0.29) is 18.4 Å². The van der Waals surface area contributed by atoms with Crippen LogP contribution in [0.4, 0.5) is 0 Å². The van der Waals surface area contributed by atoms with Gasteiger partial charge in [0.1, 0.15) is 4.83 Å². The number of ether oxygens (including phenoxy) is 2. The molecule has 1 N–H and O–H groups in total. The van der Waals surface area contributed by atoms with E-state index in [0.717, 1.165) is 19.4 Å². The van der Waals surface area contributed by atoms with Crippen molar-refractivity contribution in [3.05, 3.63) is 0 Å². The highest BCUT2D eigenvalue weighted by Gasteiger charge is 2.31. The van der Waals surface area contributed by atoms with Gasteiger partial charge in [0, 0.05) is 19.6 Å². The highest BCUT2D eigenvalue weighted by molar-refractivity contribution is 9.10. The fraction of sp³-hybridized carbons (Fsp3) is 0.833. The van der Waals surface area contributed by atoms with Crippen LogP contribution in [0.3, 0.4) is 0 Å². The number of carbonyl (C=O) groups excluding carboxylic acids is 2. The number of alkyl halides is 1. The molecule has 1 saturated carbocycles. The van der Waals surface area contributed by atoms with Crippen molar-refractivity contribution in [2.75, 3.05) is 20.3 Å². The zero-order valence-corrected chi connectivity index (χ0v) is 12.4. The Labute approximate surface area is 116 Å². The predicted molar refractivity (Wildman–Crippen MR) is 70.5 cm³/mol. The molecular formula is C12H20BrNO4. The second-order valence-electron chi connectivity index (χ2n) is 4.41. The number of hydrogen-bond donors (Lipinski definition) is 1. The quantitative estimate of drug-likeness (QED) is 0.566. The normalized spacial score (nSPS) is 23.9. The first-order valence-electron chi connectivity index (χ1n) is 6.17. The first-order chi connectivity index (χ1) is 8.56. The average Bonchev–Trinajstić information content (AvgIpc) is 2.32. The number of halogens is 1. The summed E-state index contributed by atoms with van der Waals surface area (Å²) in [4.78, 5) is 22.2. The summed E-state index contributed by atoms with van der Waals surface area (Å²) >= 11 is 3.15. The summed E-state index contributed by atoms with van der Waals surface area (Å²) in [6.07, 6.45) is 2.74. The minimum Gasteiger partial charge on any atom is -0.468 e. The first-order valence-corrected chi connectivity index (χ1v) is 7.08. The van der Waals surface area contributed by atoms with Crippen LogP contribution in [0, 0.1) is 5.92 Å². The fourth-order valence-corrected chi connectivity index (χ4v) is 2.31. The summed E-state index contributed by atoms with van der Waals surface area (Å²) in [5.74, 6) is 0.00658. The van der Waals surface area contributed by atoms with Gasteiger partial charge in [-0.2, -0.15) is 0 Å². The molecule has 0 aromatic heterocycles. The Balaban J connectivity index is 2.10.